The van der Waals surface area contributed by atoms with Crippen LogP contribution in [0.25, 0.3) is 0 Å². The van der Waals surface area contributed by atoms with Crippen LogP contribution in [-0.4, -0.2) is 326 Å². The first-order chi connectivity index (χ1) is 31.7. The third-order valence-corrected chi connectivity index (χ3v) is 12.4. The predicted molar refractivity (Wildman–Crippen MR) is 199 cm³/mol. The Bertz CT molecular complexity index is 1500. The van der Waals surface area contributed by atoms with Gasteiger partial charge in [0.25, 0.3) is 0 Å². The second-order valence-corrected chi connectivity index (χ2v) is 16.8. The molecule has 0 aliphatic carbocycles. The molecule has 1 unspecified atom stereocenters. The summed E-state index contributed by atoms with van der Waals surface area (Å²) in [6.07, 6.45) is -57.2. The van der Waals surface area contributed by atoms with Crippen LogP contribution >= 0.6 is 0 Å². The maximum Gasteiger partial charge on any atom is 0.187 e. The lowest BCUT2D eigenvalue weighted by Gasteiger charge is -2.49. The Morgan fingerprint density at radius 2 is 0.522 bits per heavy atom. The lowest BCUT2D eigenvalue weighted by atomic mass is 9.95. The predicted octanol–water partition coefficient (Wildman–Crippen LogP) is -14.1. The number of ether oxygens (including phenoxy) is 11. The first-order valence-electron chi connectivity index (χ1n) is 21.1. The van der Waals surface area contributed by atoms with E-state index in [4.69, 9.17) is 52.1 Å². The Balaban J connectivity index is 1.16. The van der Waals surface area contributed by atoms with Gasteiger partial charge in [0.2, 0.25) is 0 Å². The first-order valence-corrected chi connectivity index (χ1v) is 21.1. The molecule has 67 heavy (non-hydrogen) atoms. The molecule has 30 atom stereocenters. The van der Waals surface area contributed by atoms with E-state index in [0.29, 0.717) is 0 Å². The van der Waals surface area contributed by atoms with Crippen LogP contribution in [0.3, 0.4) is 0 Å². The summed E-state index contributed by atoms with van der Waals surface area (Å²) in [6, 6.07) is 0. The van der Waals surface area contributed by atoms with E-state index in [0.717, 1.165) is 0 Å². The molecule has 6 rings (SSSR count). The number of hydrogen-bond acceptors (Lipinski definition) is 31. The average molecular weight is 991 g/mol. The molecule has 6 saturated heterocycles. The zero-order valence-corrected chi connectivity index (χ0v) is 35.0. The van der Waals surface area contributed by atoms with Gasteiger partial charge in [-0.3, -0.25) is 0 Å². The molecule has 0 aromatic rings. The molecule has 6 fully saturated rings. The van der Waals surface area contributed by atoms with Gasteiger partial charge < -0.3 is 154 Å². The third kappa shape index (κ3) is 11.4. The molecule has 0 bridgehead atoms. The highest BCUT2D eigenvalue weighted by atomic mass is 16.8. The van der Waals surface area contributed by atoms with Crippen LogP contribution in [0.2, 0.25) is 0 Å². The van der Waals surface area contributed by atoms with E-state index in [9.17, 15) is 102 Å². The van der Waals surface area contributed by atoms with Gasteiger partial charge in [-0.05, 0) is 0 Å². The van der Waals surface area contributed by atoms with Crippen LogP contribution in [0.1, 0.15) is 0 Å². The summed E-state index contributed by atoms with van der Waals surface area (Å²) in [4.78, 5) is 0. The monoisotopic (exact) mass is 990 g/mol. The minimum atomic E-state index is -2.23. The Morgan fingerprint density at radius 1 is 0.254 bits per heavy atom. The van der Waals surface area contributed by atoms with Crippen LogP contribution in [0, 0.1) is 0 Å². The number of aliphatic hydroxyl groups excluding tert-OH is 20. The highest BCUT2D eigenvalue weighted by Gasteiger charge is 2.57. The van der Waals surface area contributed by atoms with Crippen molar-refractivity contribution in [1.29, 1.82) is 0 Å². The lowest BCUT2D eigenvalue weighted by Crippen LogP contribution is -2.68. The SMILES string of the molecule is OC[C@H]1O[C@H](OC[C@H]2O[C@@H](O[C@H]3[C@H](O)[C@H](O)[C@H](O[C@H]4[C@H](O)[C@H](O)[C@H](O[C@H]5[C@H](O)[C@H](O)C(O)O[C@@H]5CO)O[C@@H]4CO)O[C@@H]3CO)[C@@H](O)[C@@H](O)[C@@H]2O[C@@H]2O[C@H](CO)[C@@H](O)[C@H](O)[C@@H]2O)[C@H](O)[C@@H](O)[C@H]1O. The van der Waals surface area contributed by atoms with E-state index in [1.807, 2.05) is 0 Å². The van der Waals surface area contributed by atoms with Gasteiger partial charge in [-0.25, -0.2) is 0 Å². The highest BCUT2D eigenvalue weighted by Crippen LogP contribution is 2.36. The van der Waals surface area contributed by atoms with E-state index >= 15 is 0 Å². The van der Waals surface area contributed by atoms with Crippen molar-refractivity contribution in [2.45, 2.75) is 184 Å². The Hall–Kier alpha value is -1.24. The molecule has 0 amide bonds. The molecule has 0 aromatic heterocycles. The molecular weight excluding hydrogens is 928 g/mol. The summed E-state index contributed by atoms with van der Waals surface area (Å²) in [5.74, 6) is 0. The summed E-state index contributed by atoms with van der Waals surface area (Å²) in [5, 5.41) is 209. The van der Waals surface area contributed by atoms with Crippen LogP contribution in [0.5, 0.6) is 0 Å². The fraction of sp³-hybridized carbons (Fsp3) is 1.00. The molecule has 392 valence electrons. The van der Waals surface area contributed by atoms with Gasteiger partial charge in [0.05, 0.1) is 39.6 Å². The Labute approximate surface area is 378 Å². The quantitative estimate of drug-likeness (QED) is 0.0683. The average Bonchev–Trinajstić information content (AvgIpc) is 3.32. The largest absolute Gasteiger partial charge is 0.394 e. The van der Waals surface area contributed by atoms with Gasteiger partial charge in [0.15, 0.2) is 37.7 Å². The molecule has 20 N–H and O–H groups in total. The number of rotatable bonds is 16. The highest BCUT2D eigenvalue weighted by molar-refractivity contribution is 4.99. The van der Waals surface area contributed by atoms with Gasteiger partial charge in [0, 0.05) is 0 Å². The van der Waals surface area contributed by atoms with Crippen molar-refractivity contribution in [2.24, 2.45) is 0 Å². The maximum atomic E-state index is 11.4. The maximum absolute atomic E-state index is 11.4. The van der Waals surface area contributed by atoms with Gasteiger partial charge in [-0.15, -0.1) is 0 Å². The minimum absolute atomic E-state index is 0.855. The van der Waals surface area contributed by atoms with E-state index in [1.165, 1.54) is 0 Å². The number of aliphatic hydroxyl groups is 20. The lowest BCUT2D eigenvalue weighted by molar-refractivity contribution is -0.395. The zero-order valence-electron chi connectivity index (χ0n) is 35.0. The molecule has 6 heterocycles. The smallest absolute Gasteiger partial charge is 0.187 e. The summed E-state index contributed by atoms with van der Waals surface area (Å²) < 4.78 is 60.9. The van der Waals surface area contributed by atoms with Gasteiger partial charge >= 0.3 is 0 Å². The van der Waals surface area contributed by atoms with Crippen molar-refractivity contribution < 1.29 is 154 Å². The first kappa shape index (κ1) is 55.1. The van der Waals surface area contributed by atoms with Gasteiger partial charge in [-0.1, -0.05) is 0 Å². The summed E-state index contributed by atoms with van der Waals surface area (Å²) >= 11 is 0. The van der Waals surface area contributed by atoms with E-state index in [-0.39, 0.29) is 0 Å². The fourth-order valence-electron chi connectivity index (χ4n) is 8.42. The molecule has 0 aromatic carbocycles. The number of hydrogen-bond donors (Lipinski definition) is 20. The third-order valence-electron chi connectivity index (χ3n) is 12.4. The fourth-order valence-corrected chi connectivity index (χ4v) is 8.42. The molecule has 0 saturated carbocycles. The minimum Gasteiger partial charge on any atom is -0.394 e. The van der Waals surface area contributed by atoms with Gasteiger partial charge in [0.1, 0.15) is 146 Å². The molecule has 6 aliphatic heterocycles. The van der Waals surface area contributed by atoms with Crippen molar-refractivity contribution in [3.05, 3.63) is 0 Å². The van der Waals surface area contributed by atoms with E-state index in [2.05, 4.69) is 0 Å². The summed E-state index contributed by atoms with van der Waals surface area (Å²) in [5.41, 5.74) is 0. The van der Waals surface area contributed by atoms with Crippen molar-refractivity contribution in [3.8, 4) is 0 Å². The Morgan fingerprint density at radius 3 is 0.896 bits per heavy atom. The second kappa shape index (κ2) is 23.5. The second-order valence-electron chi connectivity index (χ2n) is 16.8. The Kier molecular flexibility index (Phi) is 19.4. The summed E-state index contributed by atoms with van der Waals surface area (Å²) in [7, 11) is 0. The van der Waals surface area contributed by atoms with Gasteiger partial charge in [-0.2, -0.15) is 0 Å². The molecule has 0 radical (unpaired) electrons. The summed E-state index contributed by atoms with van der Waals surface area (Å²) in [6.45, 7) is -5.55. The normalized spacial score (nSPS) is 53.4. The topological polar surface area (TPSA) is 506 Å². The molecule has 6 aliphatic rings. The molecule has 0 spiro atoms. The van der Waals surface area contributed by atoms with Crippen LogP contribution < -0.4 is 0 Å². The standard InChI is InChI=1S/C36H62O31/c37-1-7-13(42)15(44)22(51)32(59-7)57-6-12-30(67-33-23(52)16(45)14(43)8(2-38)60-33)20(49)26(55)36(63-12)66-29-11(5-41)62-35(25(54)19(29)48)65-28-10(4-40)61-34(24(53)18(28)47)64-27-9(3-39)58-31(56)21(50)17(27)46/h7-56H,1-6H2/t7-,8-,9-,10-,11-,12-,13+,14-,15+,16+,17-,18-,19-,20-,21+,22-,23+,24+,25+,26+,27-,28-,29-,30-,31?,32+,33+,34+,35+,36+/m1/s1. The van der Waals surface area contributed by atoms with Crippen LogP contribution in [0.4, 0.5) is 0 Å². The van der Waals surface area contributed by atoms with Crippen LogP contribution in [-0.2, 0) is 52.1 Å². The van der Waals surface area contributed by atoms with Crippen molar-refractivity contribution >= 4 is 0 Å². The molecular formula is C36H62O31. The molecule has 31 nitrogen and oxygen atoms in total. The zero-order chi connectivity index (χ0) is 49.3. The van der Waals surface area contributed by atoms with Crippen LogP contribution in [0.15, 0.2) is 0 Å². The van der Waals surface area contributed by atoms with Crippen molar-refractivity contribution in [3.63, 3.8) is 0 Å². The molecule has 31 heteroatoms. The van der Waals surface area contributed by atoms with Crippen molar-refractivity contribution in [1.82, 2.24) is 0 Å². The van der Waals surface area contributed by atoms with E-state index < -0.39 is 224 Å². The van der Waals surface area contributed by atoms with E-state index in [1.54, 1.807) is 0 Å². The van der Waals surface area contributed by atoms with Crippen molar-refractivity contribution in [2.75, 3.05) is 39.6 Å².